The van der Waals surface area contributed by atoms with Crippen molar-refractivity contribution in [2.24, 2.45) is 4.99 Å². The van der Waals surface area contributed by atoms with E-state index in [1.165, 1.54) is 4.88 Å². The second-order valence-corrected chi connectivity index (χ2v) is 6.58. The van der Waals surface area contributed by atoms with E-state index in [-0.39, 0.29) is 24.0 Å². The molecule has 2 aromatic rings. The van der Waals surface area contributed by atoms with Crippen LogP contribution in [0.15, 0.2) is 40.8 Å². The van der Waals surface area contributed by atoms with Gasteiger partial charge >= 0.3 is 0 Å². The molecule has 2 heterocycles. The zero-order chi connectivity index (χ0) is 16.7. The van der Waals surface area contributed by atoms with Crippen molar-refractivity contribution in [2.45, 2.75) is 19.4 Å². The molecule has 0 saturated carbocycles. The molecule has 0 aliphatic heterocycles. The van der Waals surface area contributed by atoms with Crippen LogP contribution in [0.5, 0.6) is 0 Å². The van der Waals surface area contributed by atoms with Gasteiger partial charge in [-0.05, 0) is 17.5 Å². The molecule has 2 rings (SSSR count). The van der Waals surface area contributed by atoms with Gasteiger partial charge in [0, 0.05) is 56.8 Å². The van der Waals surface area contributed by atoms with Crippen molar-refractivity contribution >= 4 is 47.1 Å². The molecular formula is C17H26IN5S. The Labute approximate surface area is 165 Å². The fraction of sp³-hybridized carbons (Fsp3) is 0.412. The van der Waals surface area contributed by atoms with Crippen LogP contribution in [0.3, 0.4) is 0 Å². The van der Waals surface area contributed by atoms with Gasteiger partial charge in [-0.2, -0.15) is 0 Å². The van der Waals surface area contributed by atoms with Gasteiger partial charge in [0.25, 0.3) is 0 Å². The third-order valence-electron chi connectivity index (χ3n) is 3.57. The summed E-state index contributed by atoms with van der Waals surface area (Å²) in [6, 6.07) is 8.30. The number of aliphatic imine (C=N–C) groups is 1. The van der Waals surface area contributed by atoms with Crippen molar-refractivity contribution in [3.63, 3.8) is 0 Å². The minimum absolute atomic E-state index is 0. The van der Waals surface area contributed by atoms with Crippen LogP contribution in [0.1, 0.15) is 23.3 Å². The average Bonchev–Trinajstić information content (AvgIpc) is 3.09. The van der Waals surface area contributed by atoms with Crippen LogP contribution < -0.4 is 15.5 Å². The summed E-state index contributed by atoms with van der Waals surface area (Å²) in [5.74, 6) is 2.24. The molecule has 1 atom stereocenters. The molecule has 2 N–H and O–H groups in total. The van der Waals surface area contributed by atoms with Gasteiger partial charge in [0.2, 0.25) is 0 Å². The monoisotopic (exact) mass is 459 g/mol. The average molecular weight is 459 g/mol. The smallest absolute Gasteiger partial charge is 0.191 e. The van der Waals surface area contributed by atoms with Gasteiger partial charge in [-0.1, -0.05) is 19.1 Å². The standard InChI is InChI=1S/C17H25N5S.HI/c1-13(15-8-6-10-23-15)11-20-17(18-2)21-12-14-7-5-9-19-16(14)22(3)4;/h5-10,13H,11-12H2,1-4H3,(H2,18,20,21);1H. The summed E-state index contributed by atoms with van der Waals surface area (Å²) in [6.45, 7) is 3.76. The number of pyridine rings is 1. The third kappa shape index (κ3) is 5.94. The number of anilines is 1. The molecule has 5 nitrogen and oxygen atoms in total. The van der Waals surface area contributed by atoms with E-state index in [2.05, 4.69) is 51.1 Å². The van der Waals surface area contributed by atoms with E-state index in [4.69, 9.17) is 0 Å². The SMILES string of the molecule is CN=C(NCc1cccnc1N(C)C)NCC(C)c1cccs1.I. The Balaban J connectivity index is 0.00000288. The van der Waals surface area contributed by atoms with E-state index < -0.39 is 0 Å². The largest absolute Gasteiger partial charge is 0.362 e. The third-order valence-corrected chi connectivity index (χ3v) is 4.67. The van der Waals surface area contributed by atoms with Crippen molar-refractivity contribution < 1.29 is 0 Å². The van der Waals surface area contributed by atoms with Gasteiger partial charge in [-0.3, -0.25) is 4.99 Å². The molecule has 0 aliphatic rings. The second kappa shape index (κ2) is 10.5. The summed E-state index contributed by atoms with van der Waals surface area (Å²) in [5, 5.41) is 8.86. The first-order valence-electron chi connectivity index (χ1n) is 7.71. The number of hydrogen-bond donors (Lipinski definition) is 2. The lowest BCUT2D eigenvalue weighted by Crippen LogP contribution is -2.38. The zero-order valence-corrected chi connectivity index (χ0v) is 17.8. The maximum Gasteiger partial charge on any atom is 0.191 e. The van der Waals surface area contributed by atoms with Crippen LogP contribution in [0.25, 0.3) is 0 Å². The first-order chi connectivity index (χ1) is 11.1. The summed E-state index contributed by atoms with van der Waals surface area (Å²) in [6.07, 6.45) is 1.81. The fourth-order valence-corrected chi connectivity index (χ4v) is 3.08. The van der Waals surface area contributed by atoms with Gasteiger partial charge in [0.15, 0.2) is 5.96 Å². The maximum absolute atomic E-state index is 4.42. The summed E-state index contributed by atoms with van der Waals surface area (Å²) in [5.41, 5.74) is 1.15. The quantitative estimate of drug-likeness (QED) is 0.396. The van der Waals surface area contributed by atoms with E-state index in [1.807, 2.05) is 31.3 Å². The highest BCUT2D eigenvalue weighted by atomic mass is 127. The predicted octanol–water partition coefficient (Wildman–Crippen LogP) is 3.30. The lowest BCUT2D eigenvalue weighted by atomic mass is 10.1. The van der Waals surface area contributed by atoms with Crippen molar-refractivity contribution in [3.8, 4) is 0 Å². The molecule has 24 heavy (non-hydrogen) atoms. The molecule has 132 valence electrons. The molecule has 0 radical (unpaired) electrons. The molecule has 2 aromatic heterocycles. The van der Waals surface area contributed by atoms with E-state index >= 15 is 0 Å². The van der Waals surface area contributed by atoms with Crippen LogP contribution in [0, 0.1) is 0 Å². The summed E-state index contributed by atoms with van der Waals surface area (Å²) in [7, 11) is 5.80. The number of halogens is 1. The van der Waals surface area contributed by atoms with Crippen LogP contribution >= 0.6 is 35.3 Å². The van der Waals surface area contributed by atoms with Gasteiger partial charge in [-0.25, -0.2) is 4.98 Å². The van der Waals surface area contributed by atoms with Gasteiger partial charge < -0.3 is 15.5 Å². The first-order valence-corrected chi connectivity index (χ1v) is 8.59. The number of aromatic nitrogens is 1. The molecule has 0 spiro atoms. The minimum Gasteiger partial charge on any atom is -0.362 e. The number of thiophene rings is 1. The Bertz CT molecular complexity index is 628. The summed E-state index contributed by atoms with van der Waals surface area (Å²) in [4.78, 5) is 12.1. The fourth-order valence-electron chi connectivity index (χ4n) is 2.29. The van der Waals surface area contributed by atoms with Crippen LogP contribution in [0.4, 0.5) is 5.82 Å². The van der Waals surface area contributed by atoms with E-state index in [0.717, 1.165) is 23.9 Å². The maximum atomic E-state index is 4.42. The van der Waals surface area contributed by atoms with E-state index in [9.17, 15) is 0 Å². The van der Waals surface area contributed by atoms with Crippen molar-refractivity contribution in [2.75, 3.05) is 32.6 Å². The number of guanidine groups is 1. The Morgan fingerprint density at radius 2 is 2.08 bits per heavy atom. The molecule has 7 heteroatoms. The number of nitrogens with one attached hydrogen (secondary N) is 2. The minimum atomic E-state index is 0. The highest BCUT2D eigenvalue weighted by Gasteiger charge is 2.09. The summed E-state index contributed by atoms with van der Waals surface area (Å²) < 4.78 is 0. The highest BCUT2D eigenvalue weighted by Crippen LogP contribution is 2.19. The number of nitrogens with zero attached hydrogens (tertiary/aromatic N) is 3. The van der Waals surface area contributed by atoms with Crippen LogP contribution in [-0.4, -0.2) is 38.6 Å². The number of hydrogen-bond acceptors (Lipinski definition) is 4. The topological polar surface area (TPSA) is 52.6 Å². The number of rotatable bonds is 6. The van der Waals surface area contributed by atoms with Crippen LogP contribution in [-0.2, 0) is 6.54 Å². The molecule has 0 aliphatic carbocycles. The molecule has 0 amide bonds. The molecule has 0 saturated heterocycles. The predicted molar refractivity (Wildman–Crippen MR) is 115 cm³/mol. The van der Waals surface area contributed by atoms with Gasteiger partial charge in [0.05, 0.1) is 0 Å². The molecular weight excluding hydrogens is 433 g/mol. The lowest BCUT2D eigenvalue weighted by Gasteiger charge is -2.18. The molecule has 0 fully saturated rings. The Hall–Kier alpha value is -1.35. The molecule has 0 bridgehead atoms. The molecule has 0 aromatic carbocycles. The Morgan fingerprint density at radius 1 is 1.29 bits per heavy atom. The Kier molecular flexibility index (Phi) is 9.05. The highest BCUT2D eigenvalue weighted by molar-refractivity contribution is 14.0. The zero-order valence-electron chi connectivity index (χ0n) is 14.6. The molecule has 1 unspecified atom stereocenters. The van der Waals surface area contributed by atoms with Crippen molar-refractivity contribution in [1.29, 1.82) is 0 Å². The van der Waals surface area contributed by atoms with Crippen LogP contribution in [0.2, 0.25) is 0 Å². The lowest BCUT2D eigenvalue weighted by molar-refractivity contribution is 0.708. The second-order valence-electron chi connectivity index (χ2n) is 5.60. The van der Waals surface area contributed by atoms with Crippen molar-refractivity contribution in [3.05, 3.63) is 46.3 Å². The Morgan fingerprint density at radius 3 is 2.71 bits per heavy atom. The normalized spacial score (nSPS) is 12.2. The first kappa shape index (κ1) is 20.7. The van der Waals surface area contributed by atoms with E-state index in [0.29, 0.717) is 12.5 Å². The summed E-state index contributed by atoms with van der Waals surface area (Å²) >= 11 is 1.79. The van der Waals surface area contributed by atoms with E-state index in [1.54, 1.807) is 18.4 Å². The van der Waals surface area contributed by atoms with Gasteiger partial charge in [0.1, 0.15) is 5.82 Å². The van der Waals surface area contributed by atoms with Crippen molar-refractivity contribution in [1.82, 2.24) is 15.6 Å². The van der Waals surface area contributed by atoms with Gasteiger partial charge in [-0.15, -0.1) is 35.3 Å².